The Kier molecular flexibility index (Phi) is 6.80. The van der Waals surface area contributed by atoms with Gasteiger partial charge in [0, 0.05) is 24.3 Å². The van der Waals surface area contributed by atoms with Crippen molar-refractivity contribution < 1.29 is 14.3 Å². The monoisotopic (exact) mass is 396 g/mol. The molecule has 7 nitrogen and oxygen atoms in total. The number of hydrogen-bond donors (Lipinski definition) is 1. The minimum atomic E-state index is -0.350. The van der Waals surface area contributed by atoms with Crippen LogP contribution in [0.1, 0.15) is 66.2 Å². The molecule has 2 heterocycles. The summed E-state index contributed by atoms with van der Waals surface area (Å²) >= 11 is 0. The third-order valence-electron chi connectivity index (χ3n) is 5.08. The number of hydrogen-bond acceptors (Lipinski definition) is 6. The molecule has 0 saturated carbocycles. The van der Waals surface area contributed by atoms with E-state index in [9.17, 15) is 9.59 Å². The van der Waals surface area contributed by atoms with Crippen molar-refractivity contribution in [3.05, 3.63) is 47.4 Å². The molecule has 0 aliphatic carbocycles. The molecule has 1 atom stereocenters. The Morgan fingerprint density at radius 2 is 1.93 bits per heavy atom. The number of aryl methyl sites for hydroxylation is 1. The number of amides is 1. The highest BCUT2D eigenvalue weighted by atomic mass is 16.5. The van der Waals surface area contributed by atoms with Gasteiger partial charge >= 0.3 is 5.97 Å². The van der Waals surface area contributed by atoms with E-state index < -0.39 is 0 Å². The molecule has 1 saturated heterocycles. The van der Waals surface area contributed by atoms with Gasteiger partial charge in [-0.2, -0.15) is 0 Å². The molecule has 1 aromatic heterocycles. The van der Waals surface area contributed by atoms with Gasteiger partial charge in [-0.05, 0) is 63.8 Å². The van der Waals surface area contributed by atoms with E-state index in [-0.39, 0.29) is 17.9 Å². The Hall–Kier alpha value is -2.96. The zero-order valence-electron chi connectivity index (χ0n) is 17.3. The average molecular weight is 396 g/mol. The second-order valence-corrected chi connectivity index (χ2v) is 7.16. The number of piperidine rings is 1. The first kappa shape index (κ1) is 20.8. The maximum absolute atomic E-state index is 13.1. The van der Waals surface area contributed by atoms with Gasteiger partial charge in [0.05, 0.1) is 12.2 Å². The summed E-state index contributed by atoms with van der Waals surface area (Å²) in [7, 11) is 0. The van der Waals surface area contributed by atoms with Crippen LogP contribution in [0.15, 0.2) is 30.3 Å². The molecule has 1 amide bonds. The third kappa shape index (κ3) is 5.10. The Labute approximate surface area is 171 Å². The third-order valence-corrected chi connectivity index (χ3v) is 5.08. The fraction of sp³-hybridized carbons (Fsp3) is 0.455. The Bertz CT molecular complexity index is 867. The molecule has 0 radical (unpaired) electrons. The number of rotatable bonds is 6. The summed E-state index contributed by atoms with van der Waals surface area (Å²) in [6.45, 7) is 6.79. The molecule has 3 rings (SSSR count). The lowest BCUT2D eigenvalue weighted by atomic mass is 9.99. The van der Waals surface area contributed by atoms with Crippen molar-refractivity contribution in [2.75, 3.05) is 18.5 Å². The van der Waals surface area contributed by atoms with Gasteiger partial charge in [-0.25, -0.2) is 14.8 Å². The molecule has 1 aliphatic heterocycles. The minimum absolute atomic E-state index is 0.0391. The van der Waals surface area contributed by atoms with Crippen molar-refractivity contribution in [3.8, 4) is 0 Å². The number of benzene rings is 1. The van der Waals surface area contributed by atoms with Crippen molar-refractivity contribution in [2.24, 2.45) is 0 Å². The van der Waals surface area contributed by atoms with Crippen LogP contribution in [0.25, 0.3) is 0 Å². The highest BCUT2D eigenvalue weighted by molar-refractivity contribution is 5.93. The lowest BCUT2D eigenvalue weighted by Gasteiger charge is -2.35. The fourth-order valence-electron chi connectivity index (χ4n) is 3.63. The fourth-order valence-corrected chi connectivity index (χ4v) is 3.63. The maximum atomic E-state index is 13.1. The number of esters is 1. The summed E-state index contributed by atoms with van der Waals surface area (Å²) in [5.74, 6) is 0.695. The van der Waals surface area contributed by atoms with Gasteiger partial charge in [-0.3, -0.25) is 4.79 Å². The number of carbonyl (C=O) groups is 2. The van der Waals surface area contributed by atoms with Gasteiger partial charge in [0.25, 0.3) is 5.91 Å². The van der Waals surface area contributed by atoms with Crippen molar-refractivity contribution in [1.29, 1.82) is 0 Å². The number of aromatic nitrogens is 2. The summed E-state index contributed by atoms with van der Waals surface area (Å²) in [6.07, 6.45) is 4.20. The SMILES string of the molecule is CCOC(=O)c1ccc(Nc2cc(C(=O)N3CCCCC3CC)nc(C)n2)cc1. The van der Waals surface area contributed by atoms with Crippen LogP contribution in [0.5, 0.6) is 0 Å². The van der Waals surface area contributed by atoms with Crippen LogP contribution in [-0.2, 0) is 4.74 Å². The van der Waals surface area contributed by atoms with Crippen LogP contribution < -0.4 is 5.32 Å². The molecule has 0 spiro atoms. The van der Waals surface area contributed by atoms with Crippen LogP contribution in [0.4, 0.5) is 11.5 Å². The van der Waals surface area contributed by atoms with Crippen LogP contribution >= 0.6 is 0 Å². The van der Waals surface area contributed by atoms with E-state index in [1.807, 2.05) is 4.90 Å². The smallest absolute Gasteiger partial charge is 0.338 e. The predicted molar refractivity (Wildman–Crippen MR) is 111 cm³/mol. The van der Waals surface area contributed by atoms with Gasteiger partial charge in [0.15, 0.2) is 0 Å². The van der Waals surface area contributed by atoms with Gasteiger partial charge in [-0.15, -0.1) is 0 Å². The zero-order chi connectivity index (χ0) is 20.8. The van der Waals surface area contributed by atoms with E-state index in [1.165, 1.54) is 6.42 Å². The Morgan fingerprint density at radius 3 is 2.62 bits per heavy atom. The molecule has 7 heteroatoms. The van der Waals surface area contributed by atoms with Crippen LogP contribution in [0, 0.1) is 6.92 Å². The second-order valence-electron chi connectivity index (χ2n) is 7.16. The molecule has 1 fully saturated rings. The molecule has 1 aliphatic rings. The number of carbonyl (C=O) groups excluding carboxylic acids is 2. The van der Waals surface area contributed by atoms with E-state index >= 15 is 0 Å². The molecule has 1 aromatic carbocycles. The predicted octanol–water partition coefficient (Wildman–Crippen LogP) is 4.11. The summed E-state index contributed by atoms with van der Waals surface area (Å²) in [4.78, 5) is 35.6. The van der Waals surface area contributed by atoms with Gasteiger partial charge < -0.3 is 15.0 Å². The molecular weight excluding hydrogens is 368 g/mol. The summed E-state index contributed by atoms with van der Waals surface area (Å²) in [6, 6.07) is 8.92. The lowest BCUT2D eigenvalue weighted by Crippen LogP contribution is -2.43. The van der Waals surface area contributed by atoms with E-state index in [0.29, 0.717) is 29.5 Å². The van der Waals surface area contributed by atoms with Crippen molar-refractivity contribution in [3.63, 3.8) is 0 Å². The molecule has 0 bridgehead atoms. The first-order valence-electron chi connectivity index (χ1n) is 10.2. The molecule has 2 aromatic rings. The largest absolute Gasteiger partial charge is 0.462 e. The number of nitrogens with one attached hydrogen (secondary N) is 1. The molecule has 1 unspecified atom stereocenters. The van der Waals surface area contributed by atoms with E-state index in [2.05, 4.69) is 22.2 Å². The first-order chi connectivity index (χ1) is 14.0. The Morgan fingerprint density at radius 1 is 1.17 bits per heavy atom. The highest BCUT2D eigenvalue weighted by Gasteiger charge is 2.27. The number of likely N-dealkylation sites (tertiary alicyclic amines) is 1. The summed E-state index contributed by atoms with van der Waals surface area (Å²) in [5.41, 5.74) is 1.66. The molecular formula is C22H28N4O3. The van der Waals surface area contributed by atoms with Crippen molar-refractivity contribution in [1.82, 2.24) is 14.9 Å². The van der Waals surface area contributed by atoms with Gasteiger partial charge in [-0.1, -0.05) is 6.92 Å². The normalized spacial score (nSPS) is 16.4. The maximum Gasteiger partial charge on any atom is 0.338 e. The standard InChI is InChI=1S/C22H28N4O3/c1-4-18-8-6-7-13-26(18)21(27)19-14-20(24-15(3)23-19)25-17-11-9-16(10-12-17)22(28)29-5-2/h9-12,14,18H,4-8,13H2,1-3H3,(H,23,24,25). The highest BCUT2D eigenvalue weighted by Crippen LogP contribution is 2.23. The number of nitrogens with zero attached hydrogens (tertiary/aromatic N) is 3. The molecule has 154 valence electrons. The van der Waals surface area contributed by atoms with Crippen molar-refractivity contribution >= 4 is 23.4 Å². The zero-order valence-corrected chi connectivity index (χ0v) is 17.3. The van der Waals surface area contributed by atoms with Crippen LogP contribution in [0.3, 0.4) is 0 Å². The summed E-state index contributed by atoms with van der Waals surface area (Å²) < 4.78 is 5.00. The van der Waals surface area contributed by atoms with Crippen LogP contribution in [0.2, 0.25) is 0 Å². The van der Waals surface area contributed by atoms with Crippen LogP contribution in [-0.4, -0.2) is 45.9 Å². The molecule has 29 heavy (non-hydrogen) atoms. The van der Waals surface area contributed by atoms with Gasteiger partial charge in [0.1, 0.15) is 17.3 Å². The first-order valence-corrected chi connectivity index (χ1v) is 10.2. The van der Waals surface area contributed by atoms with E-state index in [1.54, 1.807) is 44.2 Å². The lowest BCUT2D eigenvalue weighted by molar-refractivity contribution is 0.0525. The Balaban J connectivity index is 1.77. The quantitative estimate of drug-likeness (QED) is 0.740. The van der Waals surface area contributed by atoms with Crippen molar-refractivity contribution in [2.45, 2.75) is 52.5 Å². The summed E-state index contributed by atoms with van der Waals surface area (Å²) in [5, 5.41) is 3.19. The second kappa shape index (κ2) is 9.49. The number of anilines is 2. The van der Waals surface area contributed by atoms with E-state index in [4.69, 9.17) is 4.74 Å². The average Bonchev–Trinajstić information content (AvgIpc) is 2.73. The minimum Gasteiger partial charge on any atom is -0.462 e. The van der Waals surface area contributed by atoms with E-state index in [0.717, 1.165) is 31.5 Å². The number of ether oxygens (including phenoxy) is 1. The topological polar surface area (TPSA) is 84.4 Å². The van der Waals surface area contributed by atoms with Gasteiger partial charge in [0.2, 0.25) is 0 Å². The molecule has 1 N–H and O–H groups in total.